The van der Waals surface area contributed by atoms with E-state index in [4.69, 9.17) is 21.3 Å². The van der Waals surface area contributed by atoms with Crippen molar-refractivity contribution in [3.05, 3.63) is 88.4 Å². The summed E-state index contributed by atoms with van der Waals surface area (Å²) in [6.45, 7) is 4.22. The first-order chi connectivity index (χ1) is 16.8. The average Bonchev–Trinajstić information content (AvgIpc) is 2.84. The number of thioether (sulfide) groups is 1. The second-order valence-corrected chi connectivity index (χ2v) is 9.86. The van der Waals surface area contributed by atoms with Crippen LogP contribution in [-0.2, 0) is 16.1 Å². The van der Waals surface area contributed by atoms with E-state index >= 15 is 0 Å². The molecule has 1 heterocycles. The van der Waals surface area contributed by atoms with E-state index in [2.05, 4.69) is 5.32 Å². The number of benzene rings is 3. The van der Waals surface area contributed by atoms with Gasteiger partial charge in [0.25, 0.3) is 0 Å². The van der Waals surface area contributed by atoms with Gasteiger partial charge in [-0.25, -0.2) is 4.99 Å². The maximum Gasteiger partial charge on any atom is 0.238 e. The highest BCUT2D eigenvalue weighted by Gasteiger charge is 2.36. The highest BCUT2D eigenvalue weighted by Crippen LogP contribution is 2.32. The molecule has 2 amide bonds. The number of ether oxygens (including phenoxy) is 1. The number of carbonyl (C=O) groups is 2. The largest absolute Gasteiger partial charge is 0.497 e. The predicted molar refractivity (Wildman–Crippen MR) is 143 cm³/mol. The molecule has 0 aromatic heterocycles. The fourth-order valence-electron chi connectivity index (χ4n) is 3.73. The van der Waals surface area contributed by atoms with Crippen molar-refractivity contribution in [2.45, 2.75) is 32.1 Å². The molecule has 3 aromatic rings. The molecule has 1 aliphatic heterocycles. The summed E-state index contributed by atoms with van der Waals surface area (Å²) in [6, 6.07) is 20.5. The molecule has 180 valence electrons. The van der Waals surface area contributed by atoms with Crippen LogP contribution in [0.5, 0.6) is 5.75 Å². The van der Waals surface area contributed by atoms with Crippen LogP contribution in [0.25, 0.3) is 0 Å². The third kappa shape index (κ3) is 6.05. The number of hydrogen-bond acceptors (Lipinski definition) is 5. The molecule has 1 aliphatic rings. The van der Waals surface area contributed by atoms with Crippen LogP contribution in [0.4, 0.5) is 11.4 Å². The van der Waals surface area contributed by atoms with Crippen LogP contribution in [0.1, 0.15) is 23.1 Å². The molecule has 1 N–H and O–H groups in total. The smallest absolute Gasteiger partial charge is 0.238 e. The zero-order chi connectivity index (χ0) is 24.9. The second kappa shape index (κ2) is 11.0. The molecular weight excluding hydrogens is 482 g/mol. The van der Waals surface area contributed by atoms with Crippen LogP contribution in [0.15, 0.2) is 71.7 Å². The number of halogens is 1. The van der Waals surface area contributed by atoms with Gasteiger partial charge >= 0.3 is 0 Å². The Morgan fingerprint density at radius 1 is 1.14 bits per heavy atom. The Kier molecular flexibility index (Phi) is 7.78. The zero-order valence-electron chi connectivity index (χ0n) is 19.7. The van der Waals surface area contributed by atoms with E-state index in [0.29, 0.717) is 21.6 Å². The van der Waals surface area contributed by atoms with E-state index in [9.17, 15) is 9.59 Å². The van der Waals surface area contributed by atoms with Gasteiger partial charge in [0, 0.05) is 17.1 Å². The topological polar surface area (TPSA) is 71.0 Å². The summed E-state index contributed by atoms with van der Waals surface area (Å²) >= 11 is 7.64. The van der Waals surface area contributed by atoms with Crippen molar-refractivity contribution in [3.8, 4) is 5.75 Å². The molecular formula is C27H26ClN3O3S. The van der Waals surface area contributed by atoms with E-state index in [1.807, 2.05) is 62.4 Å². The lowest BCUT2D eigenvalue weighted by molar-refractivity contribution is -0.129. The molecule has 1 saturated heterocycles. The average molecular weight is 508 g/mol. The van der Waals surface area contributed by atoms with Gasteiger partial charge in [0.05, 0.1) is 19.3 Å². The summed E-state index contributed by atoms with van der Waals surface area (Å²) in [6.07, 6.45) is 0.0630. The van der Waals surface area contributed by atoms with Crippen molar-refractivity contribution in [1.82, 2.24) is 4.90 Å². The number of aryl methyl sites for hydroxylation is 2. The molecule has 0 bridgehead atoms. The summed E-state index contributed by atoms with van der Waals surface area (Å²) in [5, 5.41) is 3.39. The Hall–Kier alpha value is -3.29. The maximum absolute atomic E-state index is 13.3. The van der Waals surface area contributed by atoms with Crippen molar-refractivity contribution in [2.75, 3.05) is 12.4 Å². The van der Waals surface area contributed by atoms with Crippen LogP contribution < -0.4 is 10.1 Å². The van der Waals surface area contributed by atoms with Crippen LogP contribution in [0, 0.1) is 13.8 Å². The third-order valence-corrected chi connectivity index (χ3v) is 7.21. The monoisotopic (exact) mass is 507 g/mol. The molecule has 0 spiro atoms. The van der Waals surface area contributed by atoms with E-state index in [-0.39, 0.29) is 24.8 Å². The van der Waals surface area contributed by atoms with Crippen molar-refractivity contribution < 1.29 is 14.3 Å². The van der Waals surface area contributed by atoms with Gasteiger partial charge in [0.1, 0.15) is 11.0 Å². The van der Waals surface area contributed by atoms with Gasteiger partial charge in [0.2, 0.25) is 11.8 Å². The molecule has 0 aliphatic carbocycles. The van der Waals surface area contributed by atoms with Gasteiger partial charge < -0.3 is 10.1 Å². The summed E-state index contributed by atoms with van der Waals surface area (Å²) in [4.78, 5) is 32.8. The number of carbonyl (C=O) groups excluding carboxylic acids is 2. The Morgan fingerprint density at radius 2 is 1.89 bits per heavy atom. The van der Waals surface area contributed by atoms with E-state index in [0.717, 1.165) is 22.4 Å². The first-order valence-corrected chi connectivity index (χ1v) is 12.4. The number of rotatable bonds is 6. The highest BCUT2D eigenvalue weighted by atomic mass is 35.5. The Bertz CT molecular complexity index is 1280. The minimum absolute atomic E-state index is 0.0630. The van der Waals surface area contributed by atoms with Crippen LogP contribution in [0.3, 0.4) is 0 Å². The van der Waals surface area contributed by atoms with Gasteiger partial charge in [-0.2, -0.15) is 0 Å². The Balaban J connectivity index is 1.62. The lowest BCUT2D eigenvalue weighted by Crippen LogP contribution is -2.44. The number of amidine groups is 1. The van der Waals surface area contributed by atoms with Crippen LogP contribution >= 0.6 is 23.4 Å². The quantitative estimate of drug-likeness (QED) is 0.436. The lowest BCUT2D eigenvalue weighted by atomic mass is 10.1. The summed E-state index contributed by atoms with van der Waals surface area (Å²) in [7, 11) is 1.60. The number of nitrogens with one attached hydrogen (secondary N) is 1. The number of hydrogen-bond donors (Lipinski definition) is 1. The first-order valence-electron chi connectivity index (χ1n) is 11.2. The van der Waals surface area contributed by atoms with Crippen LogP contribution in [-0.4, -0.2) is 34.2 Å². The molecule has 4 rings (SSSR count). The molecule has 3 aromatic carbocycles. The predicted octanol–water partition coefficient (Wildman–Crippen LogP) is 6.13. The number of methoxy groups -OCH3 is 1. The van der Waals surface area contributed by atoms with Gasteiger partial charge in [-0.15, -0.1) is 0 Å². The minimum atomic E-state index is -0.609. The summed E-state index contributed by atoms with van der Waals surface area (Å²) in [5.74, 6) is 0.298. The van der Waals surface area contributed by atoms with Gasteiger partial charge in [-0.05, 0) is 61.4 Å². The van der Waals surface area contributed by atoms with Gasteiger partial charge in [-0.1, -0.05) is 59.3 Å². The minimum Gasteiger partial charge on any atom is -0.497 e. The SMILES string of the molecule is COc1ccc(N=C2SC(C(=O)Nc3ccc(C)cc3C)CC(=O)N2Cc2ccccc2Cl)cc1. The number of nitrogens with zero attached hydrogens (tertiary/aromatic N) is 2. The maximum atomic E-state index is 13.3. The molecule has 0 saturated carbocycles. The van der Waals surface area contributed by atoms with E-state index < -0.39 is 5.25 Å². The van der Waals surface area contributed by atoms with Crippen molar-refractivity contribution in [2.24, 2.45) is 4.99 Å². The second-order valence-electron chi connectivity index (χ2n) is 8.28. The molecule has 0 radical (unpaired) electrons. The number of amides is 2. The van der Waals surface area contributed by atoms with Crippen molar-refractivity contribution >= 4 is 51.7 Å². The molecule has 1 fully saturated rings. The van der Waals surface area contributed by atoms with Gasteiger partial charge in [-0.3, -0.25) is 14.5 Å². The molecule has 6 nitrogen and oxygen atoms in total. The fraction of sp³-hybridized carbons (Fsp3) is 0.222. The number of anilines is 1. The normalized spacial score (nSPS) is 16.9. The first kappa shape index (κ1) is 24.8. The van der Waals surface area contributed by atoms with Crippen LogP contribution in [0.2, 0.25) is 5.02 Å². The Labute approximate surface area is 214 Å². The van der Waals surface area contributed by atoms with E-state index in [1.165, 1.54) is 11.8 Å². The summed E-state index contributed by atoms with van der Waals surface area (Å²) in [5.41, 5.74) is 4.29. The molecule has 8 heteroatoms. The Morgan fingerprint density at radius 3 is 2.57 bits per heavy atom. The summed E-state index contributed by atoms with van der Waals surface area (Å²) < 4.78 is 5.23. The molecule has 1 unspecified atom stereocenters. The number of aliphatic imine (C=N–C) groups is 1. The van der Waals surface area contributed by atoms with Crippen molar-refractivity contribution in [1.29, 1.82) is 0 Å². The third-order valence-electron chi connectivity index (χ3n) is 5.66. The van der Waals surface area contributed by atoms with Crippen molar-refractivity contribution in [3.63, 3.8) is 0 Å². The fourth-order valence-corrected chi connectivity index (χ4v) is 5.02. The standard InChI is InChI=1S/C27H26ClN3O3S/c1-17-8-13-23(18(2)14-17)30-26(33)24-15-25(32)31(16-19-6-4-5-7-22(19)28)27(35-24)29-20-9-11-21(34-3)12-10-20/h4-14,24H,15-16H2,1-3H3,(H,30,33). The lowest BCUT2D eigenvalue weighted by Gasteiger charge is -2.32. The molecule has 1 atom stereocenters. The zero-order valence-corrected chi connectivity index (χ0v) is 21.3. The molecule has 35 heavy (non-hydrogen) atoms. The van der Waals surface area contributed by atoms with E-state index in [1.54, 1.807) is 30.2 Å². The highest BCUT2D eigenvalue weighted by molar-refractivity contribution is 8.15. The van der Waals surface area contributed by atoms with Gasteiger partial charge in [0.15, 0.2) is 5.17 Å².